The first-order valence-corrected chi connectivity index (χ1v) is 6.68. The van der Waals surface area contributed by atoms with Crippen LogP contribution < -0.4 is 5.73 Å². The maximum atomic E-state index is 5.81. The molecule has 0 spiro atoms. The lowest BCUT2D eigenvalue weighted by Crippen LogP contribution is -2.48. The molecule has 98 valence electrons. The van der Waals surface area contributed by atoms with Gasteiger partial charge in [0.1, 0.15) is 11.6 Å². The molecule has 0 radical (unpaired) electrons. The SMILES string of the molecule is Cc1cc(N)nc(CN2CCOC3CCCC32)n1. The molecule has 2 fully saturated rings. The number of hydrogen-bond acceptors (Lipinski definition) is 5. The number of ether oxygens (including phenoxy) is 1. The summed E-state index contributed by atoms with van der Waals surface area (Å²) in [6.07, 6.45) is 4.10. The van der Waals surface area contributed by atoms with Crippen molar-refractivity contribution in [3.05, 3.63) is 17.6 Å². The van der Waals surface area contributed by atoms with Crippen LogP contribution in [-0.2, 0) is 11.3 Å². The summed E-state index contributed by atoms with van der Waals surface area (Å²) in [6, 6.07) is 2.35. The molecular weight excluding hydrogens is 228 g/mol. The summed E-state index contributed by atoms with van der Waals surface area (Å²) in [4.78, 5) is 11.2. The maximum absolute atomic E-state index is 5.81. The molecule has 0 amide bonds. The van der Waals surface area contributed by atoms with Gasteiger partial charge in [0.15, 0.2) is 0 Å². The fourth-order valence-electron chi connectivity index (χ4n) is 3.11. The van der Waals surface area contributed by atoms with Gasteiger partial charge in [-0.1, -0.05) is 0 Å². The van der Waals surface area contributed by atoms with Gasteiger partial charge in [0.05, 0.1) is 19.3 Å². The third kappa shape index (κ3) is 2.33. The lowest BCUT2D eigenvalue weighted by Gasteiger charge is -2.37. The Morgan fingerprint density at radius 2 is 2.33 bits per heavy atom. The summed E-state index contributed by atoms with van der Waals surface area (Å²) in [6.45, 7) is 4.54. The lowest BCUT2D eigenvalue weighted by molar-refractivity contribution is -0.0596. The van der Waals surface area contributed by atoms with Gasteiger partial charge in [0, 0.05) is 24.3 Å². The molecule has 18 heavy (non-hydrogen) atoms. The van der Waals surface area contributed by atoms with E-state index in [1.165, 1.54) is 19.3 Å². The second-order valence-electron chi connectivity index (χ2n) is 5.23. The van der Waals surface area contributed by atoms with Crippen molar-refractivity contribution >= 4 is 5.82 Å². The molecule has 1 saturated heterocycles. The number of aromatic nitrogens is 2. The zero-order valence-electron chi connectivity index (χ0n) is 10.8. The Bertz CT molecular complexity index is 417. The highest BCUT2D eigenvalue weighted by Crippen LogP contribution is 2.30. The number of nitrogens with two attached hydrogens (primary N) is 1. The van der Waals surface area contributed by atoms with E-state index in [1.807, 2.05) is 6.92 Å². The largest absolute Gasteiger partial charge is 0.384 e. The molecular formula is C13H20N4O. The molecule has 2 N–H and O–H groups in total. The van der Waals surface area contributed by atoms with Crippen molar-refractivity contribution in [3.8, 4) is 0 Å². The average Bonchev–Trinajstić information content (AvgIpc) is 2.76. The van der Waals surface area contributed by atoms with Crippen LogP contribution in [0.25, 0.3) is 0 Å². The summed E-state index contributed by atoms with van der Waals surface area (Å²) in [5.74, 6) is 1.40. The first kappa shape index (κ1) is 11.9. The number of anilines is 1. The van der Waals surface area contributed by atoms with E-state index >= 15 is 0 Å². The van der Waals surface area contributed by atoms with E-state index in [2.05, 4.69) is 14.9 Å². The van der Waals surface area contributed by atoms with E-state index in [1.54, 1.807) is 6.07 Å². The Labute approximate surface area is 107 Å². The zero-order chi connectivity index (χ0) is 12.5. The summed E-state index contributed by atoms with van der Waals surface area (Å²) in [5, 5.41) is 0. The molecule has 1 aromatic rings. The van der Waals surface area contributed by atoms with Crippen molar-refractivity contribution < 1.29 is 4.74 Å². The number of hydrogen-bond donors (Lipinski definition) is 1. The Hall–Kier alpha value is -1.20. The standard InChI is InChI=1S/C13H20N4O/c1-9-7-12(14)16-13(15-9)8-17-5-6-18-11-4-2-3-10(11)17/h7,10-11H,2-6,8H2,1H3,(H2,14,15,16). The number of morpholine rings is 1. The highest BCUT2D eigenvalue weighted by Gasteiger charge is 2.36. The highest BCUT2D eigenvalue weighted by molar-refractivity contribution is 5.29. The van der Waals surface area contributed by atoms with Crippen LogP contribution in [0.15, 0.2) is 6.07 Å². The van der Waals surface area contributed by atoms with Crippen LogP contribution in [0.4, 0.5) is 5.82 Å². The topological polar surface area (TPSA) is 64.3 Å². The lowest BCUT2D eigenvalue weighted by atomic mass is 10.1. The van der Waals surface area contributed by atoms with Gasteiger partial charge in [-0.05, 0) is 26.2 Å². The minimum Gasteiger partial charge on any atom is -0.384 e. The van der Waals surface area contributed by atoms with Gasteiger partial charge in [-0.3, -0.25) is 4.90 Å². The highest BCUT2D eigenvalue weighted by atomic mass is 16.5. The molecule has 2 atom stereocenters. The number of nitrogens with zero attached hydrogens (tertiary/aromatic N) is 3. The quantitative estimate of drug-likeness (QED) is 0.849. The van der Waals surface area contributed by atoms with Crippen molar-refractivity contribution in [2.45, 2.75) is 44.9 Å². The molecule has 5 nitrogen and oxygen atoms in total. The summed E-state index contributed by atoms with van der Waals surface area (Å²) < 4.78 is 5.81. The molecule has 3 rings (SSSR count). The van der Waals surface area contributed by atoms with Crippen molar-refractivity contribution in [2.24, 2.45) is 0 Å². The van der Waals surface area contributed by atoms with Gasteiger partial charge in [0.25, 0.3) is 0 Å². The molecule has 1 aromatic heterocycles. The summed E-state index contributed by atoms with van der Waals surface area (Å²) in [7, 11) is 0. The summed E-state index contributed by atoms with van der Waals surface area (Å²) >= 11 is 0. The minimum absolute atomic E-state index is 0.418. The Balaban J connectivity index is 1.74. The summed E-state index contributed by atoms with van der Waals surface area (Å²) in [5.41, 5.74) is 6.72. The van der Waals surface area contributed by atoms with E-state index in [0.29, 0.717) is 18.0 Å². The second-order valence-corrected chi connectivity index (χ2v) is 5.23. The van der Waals surface area contributed by atoms with Crippen LogP contribution in [0, 0.1) is 6.92 Å². The minimum atomic E-state index is 0.418. The van der Waals surface area contributed by atoms with Gasteiger partial charge < -0.3 is 10.5 Å². The van der Waals surface area contributed by atoms with Gasteiger partial charge in [-0.15, -0.1) is 0 Å². The van der Waals surface area contributed by atoms with Gasteiger partial charge >= 0.3 is 0 Å². The number of rotatable bonds is 2. The Kier molecular flexibility index (Phi) is 3.18. The van der Waals surface area contributed by atoms with Gasteiger partial charge in [-0.25, -0.2) is 9.97 Å². The monoisotopic (exact) mass is 248 g/mol. The molecule has 2 aliphatic rings. The maximum Gasteiger partial charge on any atom is 0.144 e. The van der Waals surface area contributed by atoms with Crippen LogP contribution in [-0.4, -0.2) is 40.2 Å². The predicted molar refractivity (Wildman–Crippen MR) is 69.0 cm³/mol. The van der Waals surface area contributed by atoms with E-state index in [0.717, 1.165) is 31.2 Å². The molecule has 0 aromatic carbocycles. The first-order chi connectivity index (χ1) is 8.72. The molecule has 0 bridgehead atoms. The third-order valence-corrected chi connectivity index (χ3v) is 3.86. The number of nitrogen functional groups attached to an aromatic ring is 1. The van der Waals surface area contributed by atoms with Crippen LogP contribution in [0.3, 0.4) is 0 Å². The molecule has 2 heterocycles. The van der Waals surface area contributed by atoms with E-state index in [-0.39, 0.29) is 0 Å². The van der Waals surface area contributed by atoms with Gasteiger partial charge in [-0.2, -0.15) is 0 Å². The van der Waals surface area contributed by atoms with Crippen LogP contribution in [0.2, 0.25) is 0 Å². The Morgan fingerprint density at radius 3 is 3.17 bits per heavy atom. The number of fused-ring (bicyclic) bond motifs is 1. The van der Waals surface area contributed by atoms with Crippen molar-refractivity contribution in [1.82, 2.24) is 14.9 Å². The van der Waals surface area contributed by atoms with Crippen LogP contribution >= 0.6 is 0 Å². The van der Waals surface area contributed by atoms with Crippen LogP contribution in [0.5, 0.6) is 0 Å². The second kappa shape index (κ2) is 4.82. The van der Waals surface area contributed by atoms with Gasteiger partial charge in [0.2, 0.25) is 0 Å². The zero-order valence-corrected chi connectivity index (χ0v) is 10.8. The van der Waals surface area contributed by atoms with E-state index in [4.69, 9.17) is 10.5 Å². The Morgan fingerprint density at radius 1 is 1.44 bits per heavy atom. The van der Waals surface area contributed by atoms with Crippen molar-refractivity contribution in [3.63, 3.8) is 0 Å². The molecule has 1 aliphatic carbocycles. The smallest absolute Gasteiger partial charge is 0.144 e. The normalized spacial score (nSPS) is 28.3. The van der Waals surface area contributed by atoms with Crippen LogP contribution in [0.1, 0.15) is 30.8 Å². The molecule has 1 aliphatic heterocycles. The molecule has 2 unspecified atom stereocenters. The molecule has 1 saturated carbocycles. The fraction of sp³-hybridized carbons (Fsp3) is 0.692. The number of aryl methyl sites for hydroxylation is 1. The molecule has 5 heteroatoms. The van der Waals surface area contributed by atoms with E-state index in [9.17, 15) is 0 Å². The first-order valence-electron chi connectivity index (χ1n) is 6.68. The predicted octanol–water partition coefficient (Wildman–Crippen LogP) is 1.12. The average molecular weight is 248 g/mol. The third-order valence-electron chi connectivity index (χ3n) is 3.86. The fourth-order valence-corrected chi connectivity index (χ4v) is 3.11. The van der Waals surface area contributed by atoms with E-state index < -0.39 is 0 Å². The van der Waals surface area contributed by atoms with Crippen molar-refractivity contribution in [2.75, 3.05) is 18.9 Å². The van der Waals surface area contributed by atoms with Crippen molar-refractivity contribution in [1.29, 1.82) is 0 Å².